The zero-order valence-corrected chi connectivity index (χ0v) is 43.4. The largest absolute Gasteiger partial charge is 0.441 e. The molecule has 0 fully saturated rings. The van der Waals surface area contributed by atoms with Crippen LogP contribution in [0.2, 0.25) is 0 Å². The molecule has 0 aliphatic carbocycles. The average molecular weight is 956 g/mol. The number of oxazole rings is 1. The second kappa shape index (κ2) is 39.1. The minimum Gasteiger partial charge on any atom is -0.441 e. The molecule has 0 aliphatic heterocycles. The van der Waals surface area contributed by atoms with Crippen LogP contribution < -0.4 is 0 Å². The van der Waals surface area contributed by atoms with Gasteiger partial charge in [0.2, 0.25) is 0 Å². The lowest BCUT2D eigenvalue weighted by Gasteiger charge is -1.92. The maximum Gasteiger partial charge on any atom is 0.192 e. The Morgan fingerprint density at radius 2 is 1.00 bits per heavy atom. The molecule has 346 valence electrons. The number of thiophene rings is 1. The van der Waals surface area contributed by atoms with Gasteiger partial charge in [0.25, 0.3) is 0 Å². The molecule has 11 rings (SSSR count). The van der Waals surface area contributed by atoms with Crippen molar-refractivity contribution in [2.24, 2.45) is 0 Å². The fourth-order valence-electron chi connectivity index (χ4n) is 4.65. The van der Waals surface area contributed by atoms with E-state index in [-0.39, 0.29) is 0 Å². The van der Waals surface area contributed by atoms with Crippen LogP contribution in [0, 0.1) is 34.6 Å². The second-order valence-electron chi connectivity index (χ2n) is 12.1. The maximum atomic E-state index is 5.26. The van der Waals surface area contributed by atoms with E-state index >= 15 is 0 Å². The number of fused-ring (bicyclic) bond motifs is 3. The third-order valence-electron chi connectivity index (χ3n) is 7.34. The zero-order chi connectivity index (χ0) is 48.5. The summed E-state index contributed by atoms with van der Waals surface area (Å²) in [7, 11) is 0. The van der Waals surface area contributed by atoms with Crippen LogP contribution in [0.15, 0.2) is 196 Å². The van der Waals surface area contributed by atoms with Gasteiger partial charge in [-0.25, -0.2) is 19.9 Å². The molecule has 6 aromatic heterocycles. The quantitative estimate of drug-likeness (QED) is 0.148. The standard InChI is InChI=1S/C10H8.C8H7NO.C8H7NS.C7H8.C5H6N2.C4H4S.C3H4N2S.C3H3NS.3C2H6/c1-2-6-10-8-4-3-7-9(10)5-1;2*1-6-9-7-4-2-3-5-8(7)10-6;1-7-5-3-2-4-6-7;1-5-6-3-2-4-7-5;1-2-4-5-3-1;1-3-5-4-2-6-3;1-2-5-3-4-1;3*1-2/h1-8H;2*2-5H,1H3;2-6H,1H3;2-4H,1H3;1-4H;2H,1H3;1-3H;3*1-2H3. The van der Waals surface area contributed by atoms with Crippen molar-refractivity contribution in [1.82, 2.24) is 35.1 Å². The second-order valence-corrected chi connectivity index (χ2v) is 16.0. The fourth-order valence-corrected chi connectivity index (χ4v) is 6.62. The Morgan fingerprint density at radius 3 is 1.38 bits per heavy atom. The number of aromatic nitrogens is 7. The normalized spacial score (nSPS) is 8.83. The molecule has 0 saturated carbocycles. The number of hydrogen-bond acceptors (Lipinski definition) is 12. The number of rotatable bonds is 0. The molecule has 0 atom stereocenters. The van der Waals surface area contributed by atoms with Gasteiger partial charge >= 0.3 is 0 Å². The van der Waals surface area contributed by atoms with Gasteiger partial charge < -0.3 is 4.42 Å². The molecule has 11 aromatic rings. The lowest BCUT2D eigenvalue weighted by molar-refractivity contribution is 0.561. The number of benzene rings is 5. The van der Waals surface area contributed by atoms with E-state index in [0.29, 0.717) is 0 Å². The monoisotopic (exact) mass is 955 g/mol. The van der Waals surface area contributed by atoms with Gasteiger partial charge in [-0.15, -0.1) is 44.2 Å². The Labute approximate surface area is 409 Å². The van der Waals surface area contributed by atoms with Crippen LogP contribution in [-0.2, 0) is 0 Å². The Balaban J connectivity index is 0.000000375. The van der Waals surface area contributed by atoms with Crippen molar-refractivity contribution in [2.45, 2.75) is 76.2 Å². The van der Waals surface area contributed by atoms with Crippen molar-refractivity contribution in [2.75, 3.05) is 0 Å². The van der Waals surface area contributed by atoms with E-state index in [1.54, 1.807) is 81.0 Å². The van der Waals surface area contributed by atoms with E-state index in [2.05, 4.69) is 109 Å². The summed E-state index contributed by atoms with van der Waals surface area (Å²) < 4.78 is 6.53. The van der Waals surface area contributed by atoms with Gasteiger partial charge in [0.05, 0.1) is 20.7 Å². The highest BCUT2D eigenvalue weighted by atomic mass is 32.1. The number of thiazole rings is 2. The van der Waals surface area contributed by atoms with Crippen molar-refractivity contribution in [3.05, 3.63) is 219 Å². The molecule has 8 nitrogen and oxygen atoms in total. The minimum atomic E-state index is 0.723. The lowest BCUT2D eigenvalue weighted by Crippen LogP contribution is -1.80. The highest BCUT2D eigenvalue weighted by Crippen LogP contribution is 2.20. The third kappa shape index (κ3) is 27.1. The molecule has 12 heteroatoms. The number of para-hydroxylation sites is 3. The average Bonchev–Trinajstić information content (AvgIpc) is 4.25. The summed E-state index contributed by atoms with van der Waals surface area (Å²) in [5.41, 5.74) is 7.74. The molecule has 0 saturated heterocycles. The molecule has 0 N–H and O–H groups in total. The molecule has 5 aromatic carbocycles. The highest BCUT2D eigenvalue weighted by molar-refractivity contribution is 7.18. The molecular weight excluding hydrogens is 891 g/mol. The van der Waals surface area contributed by atoms with Crippen molar-refractivity contribution >= 4 is 77.4 Å². The van der Waals surface area contributed by atoms with Crippen LogP contribution in [0.3, 0.4) is 0 Å². The Morgan fingerprint density at radius 1 is 0.455 bits per heavy atom. The van der Waals surface area contributed by atoms with E-state index < -0.39 is 0 Å². The van der Waals surface area contributed by atoms with Crippen LogP contribution >= 0.6 is 45.3 Å². The molecule has 0 radical (unpaired) electrons. The molecule has 0 spiro atoms. The summed E-state index contributed by atoms with van der Waals surface area (Å²) in [6.45, 7) is 21.8. The first-order valence-electron chi connectivity index (χ1n) is 21.7. The Hall–Kier alpha value is -6.31. The van der Waals surface area contributed by atoms with E-state index in [0.717, 1.165) is 38.3 Å². The number of hydrogen-bond donors (Lipinski definition) is 0. The van der Waals surface area contributed by atoms with Gasteiger partial charge in [0, 0.05) is 30.9 Å². The smallest absolute Gasteiger partial charge is 0.192 e. The summed E-state index contributed by atoms with van der Waals surface area (Å²) in [6.07, 6.45) is 5.22. The van der Waals surface area contributed by atoms with Crippen LogP contribution in [0.5, 0.6) is 0 Å². The maximum absolute atomic E-state index is 5.26. The predicted molar refractivity (Wildman–Crippen MR) is 290 cm³/mol. The van der Waals surface area contributed by atoms with E-state index in [4.69, 9.17) is 4.42 Å². The van der Waals surface area contributed by atoms with Crippen LogP contribution in [0.1, 0.15) is 68.8 Å². The SMILES string of the molecule is CC.CC.CC.Cc1ccccc1.Cc1nc2ccccc2o1.Cc1nc2ccccc2s1.Cc1ncccn1.Cc1nncs1.c1ccc2ccccc2c1.c1ccsc1.c1cscn1. The number of nitrogens with zero attached hydrogens (tertiary/aromatic N) is 7. The van der Waals surface area contributed by atoms with Crippen LogP contribution in [0.25, 0.3) is 32.1 Å². The van der Waals surface area contributed by atoms with E-state index in [1.165, 1.54) is 21.0 Å². The summed E-state index contributed by atoms with van der Waals surface area (Å²) in [5, 5.41) is 18.1. The van der Waals surface area contributed by atoms with Gasteiger partial charge in [-0.3, -0.25) is 4.98 Å². The Bertz CT molecular complexity index is 2370. The van der Waals surface area contributed by atoms with Gasteiger partial charge in [-0.05, 0) is 79.6 Å². The Kier molecular flexibility index (Phi) is 34.2. The molecule has 0 amide bonds. The highest BCUT2D eigenvalue weighted by Gasteiger charge is 1.97. The molecule has 6 heterocycles. The molecule has 0 unspecified atom stereocenters. The first-order chi connectivity index (χ1) is 32.4. The summed E-state index contributed by atoms with van der Waals surface area (Å²) in [6, 6.07) is 48.7. The van der Waals surface area contributed by atoms with Gasteiger partial charge in [0.15, 0.2) is 11.5 Å². The van der Waals surface area contributed by atoms with Gasteiger partial charge in [-0.1, -0.05) is 162 Å². The van der Waals surface area contributed by atoms with Gasteiger partial charge in [0.1, 0.15) is 21.9 Å². The van der Waals surface area contributed by atoms with Crippen molar-refractivity contribution in [1.29, 1.82) is 0 Å². The zero-order valence-electron chi connectivity index (χ0n) is 40.1. The fraction of sp³-hybridized carbons (Fsp3) is 0.204. The first-order valence-corrected chi connectivity index (χ1v) is 25.3. The minimum absolute atomic E-state index is 0.723. The molecule has 66 heavy (non-hydrogen) atoms. The van der Waals surface area contributed by atoms with Gasteiger partial charge in [-0.2, -0.15) is 11.3 Å². The number of aryl methyl sites for hydroxylation is 5. The van der Waals surface area contributed by atoms with E-state index in [9.17, 15) is 0 Å². The van der Waals surface area contributed by atoms with Crippen molar-refractivity contribution in [3.8, 4) is 0 Å². The molecule has 0 bridgehead atoms. The van der Waals surface area contributed by atoms with Crippen LogP contribution in [-0.4, -0.2) is 35.1 Å². The molecular formula is C54H65N7OS4. The predicted octanol–water partition coefficient (Wildman–Crippen LogP) is 17.2. The lowest BCUT2D eigenvalue weighted by atomic mass is 10.1. The third-order valence-corrected chi connectivity index (χ3v) is 10.1. The summed E-state index contributed by atoms with van der Waals surface area (Å²) in [4.78, 5) is 20.0. The van der Waals surface area contributed by atoms with Crippen molar-refractivity contribution in [3.63, 3.8) is 0 Å². The summed E-state index contributed by atoms with van der Waals surface area (Å²) in [5.74, 6) is 1.55. The van der Waals surface area contributed by atoms with E-state index in [1.807, 2.05) is 158 Å². The molecule has 0 aliphatic rings. The van der Waals surface area contributed by atoms with Crippen LogP contribution in [0.4, 0.5) is 0 Å². The summed E-state index contributed by atoms with van der Waals surface area (Å²) >= 11 is 6.61. The topological polar surface area (TPSA) is 103 Å². The first kappa shape index (κ1) is 57.7. The van der Waals surface area contributed by atoms with Crippen molar-refractivity contribution < 1.29 is 4.42 Å².